The number of pyridine rings is 2. The van der Waals surface area contributed by atoms with Crippen molar-refractivity contribution in [2.24, 2.45) is 14.1 Å². The highest BCUT2D eigenvalue weighted by Gasteiger charge is 2.06. The number of nitrogens with zero attached hydrogens (tertiary/aromatic N) is 5. The van der Waals surface area contributed by atoms with Gasteiger partial charge in [-0.25, -0.2) is 0 Å². The molecule has 0 bridgehead atoms. The fraction of sp³-hybridized carbons (Fsp3) is 0.111. The Kier molecular flexibility index (Phi) is 8.48. The zero-order chi connectivity index (χ0) is 23.1. The van der Waals surface area contributed by atoms with Gasteiger partial charge in [0, 0.05) is 38.9 Å². The van der Waals surface area contributed by atoms with E-state index in [4.69, 9.17) is 34.7 Å². The summed E-state index contributed by atoms with van der Waals surface area (Å²) in [7, 11) is 3.65. The summed E-state index contributed by atoms with van der Waals surface area (Å²) in [6, 6.07) is 2.83. The Labute approximate surface area is 195 Å². The van der Waals surface area contributed by atoms with Gasteiger partial charge >= 0.3 is 0 Å². The first kappa shape index (κ1) is 24.3. The standard InChI is InChI=1S/C9H9ClN4O.C5H5ClN2O.C4H5BrN2/c1-13-5-7(3-12-13)14-4-6(10)2-8(11)9(14)15;6-3-1-4(7)5(9)8-2-3;1-7-3-4(5)2-6-7/h2-5H,11H2,1H3;1-2H,7H2,(H,8,9);2-3H,1H3. The molecule has 164 valence electrons. The summed E-state index contributed by atoms with van der Waals surface area (Å²) in [5, 5.41) is 8.70. The van der Waals surface area contributed by atoms with Crippen LogP contribution in [0, 0.1) is 0 Å². The summed E-state index contributed by atoms with van der Waals surface area (Å²) >= 11 is 14.5. The average molecular weight is 530 g/mol. The topological polar surface area (TPSA) is 143 Å². The van der Waals surface area contributed by atoms with Crippen molar-refractivity contribution >= 4 is 50.5 Å². The number of aromatic amines is 1. The van der Waals surface area contributed by atoms with Crippen molar-refractivity contribution in [1.29, 1.82) is 0 Å². The Bertz CT molecular complexity index is 1260. The van der Waals surface area contributed by atoms with Crippen molar-refractivity contribution < 1.29 is 0 Å². The second-order valence-corrected chi connectivity index (χ2v) is 7.88. The number of aromatic nitrogens is 6. The van der Waals surface area contributed by atoms with Gasteiger partial charge in [-0.15, -0.1) is 0 Å². The van der Waals surface area contributed by atoms with Crippen LogP contribution in [0.25, 0.3) is 5.69 Å². The maximum atomic E-state index is 11.7. The maximum Gasteiger partial charge on any atom is 0.278 e. The smallest absolute Gasteiger partial charge is 0.278 e. The summed E-state index contributed by atoms with van der Waals surface area (Å²) < 4.78 is 5.73. The Hall–Kier alpha value is -3.02. The van der Waals surface area contributed by atoms with Gasteiger partial charge in [-0.3, -0.25) is 23.5 Å². The molecule has 0 aliphatic heterocycles. The number of hydrogen-bond acceptors (Lipinski definition) is 6. The highest BCUT2D eigenvalue weighted by atomic mass is 79.9. The van der Waals surface area contributed by atoms with Crippen molar-refractivity contribution in [3.05, 3.63) is 84.5 Å². The molecule has 0 saturated carbocycles. The molecule has 31 heavy (non-hydrogen) atoms. The molecule has 13 heteroatoms. The van der Waals surface area contributed by atoms with Gasteiger partial charge in [-0.1, -0.05) is 23.2 Å². The number of nitrogen functional groups attached to an aromatic ring is 2. The molecular weight excluding hydrogens is 511 g/mol. The Morgan fingerprint density at radius 3 is 2.00 bits per heavy atom. The third kappa shape index (κ3) is 7.31. The van der Waals surface area contributed by atoms with Crippen LogP contribution >= 0.6 is 39.1 Å². The minimum atomic E-state index is -0.306. The summed E-state index contributed by atoms with van der Waals surface area (Å²) in [6.07, 6.45) is 9.81. The van der Waals surface area contributed by atoms with Crippen LogP contribution in [0.15, 0.2) is 63.4 Å². The van der Waals surface area contributed by atoms with Crippen LogP contribution in [0.5, 0.6) is 0 Å². The van der Waals surface area contributed by atoms with Crippen molar-refractivity contribution in [3.8, 4) is 5.69 Å². The molecular formula is C18H19BrCl2N8O2. The lowest BCUT2D eigenvalue weighted by Crippen LogP contribution is -2.20. The van der Waals surface area contributed by atoms with E-state index in [0.717, 1.165) is 4.47 Å². The molecule has 5 N–H and O–H groups in total. The van der Waals surface area contributed by atoms with Crippen molar-refractivity contribution in [3.63, 3.8) is 0 Å². The third-order valence-corrected chi connectivity index (χ3v) is 4.39. The lowest BCUT2D eigenvalue weighted by Gasteiger charge is -2.03. The molecule has 0 saturated heterocycles. The number of anilines is 2. The van der Waals surface area contributed by atoms with E-state index in [1.165, 1.54) is 29.1 Å². The molecule has 0 aliphatic rings. The molecule has 4 rings (SSSR count). The van der Waals surface area contributed by atoms with Gasteiger partial charge in [0.25, 0.3) is 11.1 Å². The second kappa shape index (κ2) is 10.8. The minimum absolute atomic E-state index is 0.117. The van der Waals surface area contributed by atoms with Crippen LogP contribution in [-0.4, -0.2) is 29.1 Å². The first-order valence-corrected chi connectivity index (χ1v) is 10.1. The quantitative estimate of drug-likeness (QED) is 0.346. The van der Waals surface area contributed by atoms with E-state index in [0.29, 0.717) is 15.7 Å². The van der Waals surface area contributed by atoms with Gasteiger partial charge < -0.3 is 16.5 Å². The average Bonchev–Trinajstić information content (AvgIpc) is 3.30. The molecule has 10 nitrogen and oxygen atoms in total. The van der Waals surface area contributed by atoms with Crippen molar-refractivity contribution in [1.82, 2.24) is 29.1 Å². The van der Waals surface area contributed by atoms with E-state index in [9.17, 15) is 9.59 Å². The first-order chi connectivity index (χ1) is 14.6. The summed E-state index contributed by atoms with van der Waals surface area (Å²) in [6.45, 7) is 0. The molecule has 0 aliphatic carbocycles. The Morgan fingerprint density at radius 1 is 0.935 bits per heavy atom. The monoisotopic (exact) mass is 528 g/mol. The second-order valence-electron chi connectivity index (χ2n) is 6.10. The zero-order valence-electron chi connectivity index (χ0n) is 16.5. The number of rotatable bonds is 1. The van der Waals surface area contributed by atoms with Crippen molar-refractivity contribution in [2.45, 2.75) is 0 Å². The molecule has 0 radical (unpaired) electrons. The van der Waals surface area contributed by atoms with Crippen LogP contribution in [-0.2, 0) is 14.1 Å². The fourth-order valence-electron chi connectivity index (χ4n) is 2.16. The number of aryl methyl sites for hydroxylation is 2. The summed E-state index contributed by atoms with van der Waals surface area (Å²) in [5.41, 5.74) is 11.0. The van der Waals surface area contributed by atoms with Crippen LogP contribution < -0.4 is 22.6 Å². The van der Waals surface area contributed by atoms with E-state index in [-0.39, 0.29) is 22.5 Å². The number of nitrogens with one attached hydrogen (secondary N) is 1. The number of H-pyrrole nitrogens is 1. The molecule has 0 spiro atoms. The van der Waals surface area contributed by atoms with E-state index in [1.807, 2.05) is 13.2 Å². The van der Waals surface area contributed by atoms with Gasteiger partial charge in [0.2, 0.25) is 0 Å². The predicted octanol–water partition coefficient (Wildman–Crippen LogP) is 2.60. The van der Waals surface area contributed by atoms with Crippen molar-refractivity contribution in [2.75, 3.05) is 11.5 Å². The zero-order valence-corrected chi connectivity index (χ0v) is 19.6. The van der Waals surface area contributed by atoms with Gasteiger partial charge in [-0.2, -0.15) is 10.2 Å². The maximum absolute atomic E-state index is 11.7. The van der Waals surface area contributed by atoms with E-state index >= 15 is 0 Å². The van der Waals surface area contributed by atoms with Crippen LogP contribution in [0.4, 0.5) is 11.4 Å². The lowest BCUT2D eigenvalue weighted by atomic mass is 10.4. The highest BCUT2D eigenvalue weighted by Crippen LogP contribution is 2.12. The number of halogens is 3. The molecule has 0 aromatic carbocycles. The summed E-state index contributed by atoms with van der Waals surface area (Å²) in [4.78, 5) is 24.6. The minimum Gasteiger partial charge on any atom is -0.394 e. The SMILES string of the molecule is Cn1cc(-n2cc(Cl)cc(N)c2=O)cn1.Cn1cc(Br)cn1.Nc1cc(Cl)c[nH]c1=O. The predicted molar refractivity (Wildman–Crippen MR) is 126 cm³/mol. The molecule has 0 unspecified atom stereocenters. The van der Waals surface area contributed by atoms with E-state index in [1.54, 1.807) is 35.0 Å². The molecule has 4 heterocycles. The largest absolute Gasteiger partial charge is 0.394 e. The van der Waals surface area contributed by atoms with Gasteiger partial charge in [0.1, 0.15) is 0 Å². The van der Waals surface area contributed by atoms with Crippen LogP contribution in [0.2, 0.25) is 10.0 Å². The molecule has 0 fully saturated rings. The Morgan fingerprint density at radius 2 is 1.55 bits per heavy atom. The van der Waals surface area contributed by atoms with Crippen LogP contribution in [0.1, 0.15) is 0 Å². The van der Waals surface area contributed by atoms with E-state index < -0.39 is 0 Å². The van der Waals surface area contributed by atoms with Crippen LogP contribution in [0.3, 0.4) is 0 Å². The summed E-state index contributed by atoms with van der Waals surface area (Å²) in [5.74, 6) is 0. The Balaban J connectivity index is 0.000000181. The van der Waals surface area contributed by atoms with Gasteiger partial charge in [0.15, 0.2) is 0 Å². The fourth-order valence-corrected chi connectivity index (χ4v) is 2.93. The van der Waals surface area contributed by atoms with Gasteiger partial charge in [0.05, 0.1) is 44.0 Å². The third-order valence-electron chi connectivity index (χ3n) is 3.55. The van der Waals surface area contributed by atoms with E-state index in [2.05, 4.69) is 31.1 Å². The first-order valence-electron chi connectivity index (χ1n) is 8.51. The molecule has 4 aromatic heterocycles. The lowest BCUT2D eigenvalue weighted by molar-refractivity contribution is 0.767. The molecule has 0 amide bonds. The number of hydrogen-bond donors (Lipinski definition) is 3. The number of nitrogens with two attached hydrogens (primary N) is 2. The highest BCUT2D eigenvalue weighted by molar-refractivity contribution is 9.10. The molecule has 0 atom stereocenters. The molecule has 4 aromatic rings. The van der Waals surface area contributed by atoms with Gasteiger partial charge in [-0.05, 0) is 28.1 Å². The normalized spacial score (nSPS) is 9.97.